The van der Waals surface area contributed by atoms with Gasteiger partial charge in [-0.3, -0.25) is 4.99 Å². The van der Waals surface area contributed by atoms with Crippen LogP contribution in [0.1, 0.15) is 33.6 Å². The van der Waals surface area contributed by atoms with E-state index in [4.69, 9.17) is 0 Å². The second-order valence-electron chi connectivity index (χ2n) is 5.34. The Balaban J connectivity index is 0. The van der Waals surface area contributed by atoms with Crippen LogP contribution in [0.25, 0.3) is 0 Å². The molecule has 0 radical (unpaired) electrons. The summed E-state index contributed by atoms with van der Waals surface area (Å²) >= 11 is 0. The highest BCUT2D eigenvalue weighted by atomic mass is 127. The Labute approximate surface area is 153 Å². The molecule has 0 aliphatic heterocycles. The molecular weight excluding hydrogens is 415 g/mol. The molecule has 0 rings (SSSR count). The highest BCUT2D eigenvalue weighted by molar-refractivity contribution is 14.0. The Morgan fingerprint density at radius 1 is 1.27 bits per heavy atom. The molecule has 0 saturated heterocycles. The fourth-order valence-corrected chi connectivity index (χ4v) is 2.49. The van der Waals surface area contributed by atoms with Crippen molar-refractivity contribution in [2.24, 2.45) is 4.99 Å². The van der Waals surface area contributed by atoms with Crippen LogP contribution in [0.15, 0.2) is 4.99 Å². The number of aliphatic imine (C=N–C) groups is 1. The van der Waals surface area contributed by atoms with Gasteiger partial charge in [0.25, 0.3) is 0 Å². The molecule has 22 heavy (non-hydrogen) atoms. The van der Waals surface area contributed by atoms with Crippen molar-refractivity contribution >= 4 is 39.8 Å². The van der Waals surface area contributed by atoms with Gasteiger partial charge in [-0.15, -0.1) is 24.0 Å². The van der Waals surface area contributed by atoms with E-state index < -0.39 is 9.84 Å². The van der Waals surface area contributed by atoms with E-state index >= 15 is 0 Å². The summed E-state index contributed by atoms with van der Waals surface area (Å²) in [7, 11) is -1.24. The topological polar surface area (TPSA) is 73.8 Å². The number of rotatable bonds is 10. The van der Waals surface area contributed by atoms with Crippen molar-refractivity contribution in [3.63, 3.8) is 0 Å². The van der Waals surface area contributed by atoms with Gasteiger partial charge in [0.05, 0.1) is 5.75 Å². The maximum Gasteiger partial charge on any atom is 0.191 e. The lowest BCUT2D eigenvalue weighted by molar-refractivity contribution is 0.292. The summed E-state index contributed by atoms with van der Waals surface area (Å²) in [6, 6.07) is 0.310. The van der Waals surface area contributed by atoms with Crippen LogP contribution in [0.2, 0.25) is 0 Å². The normalized spacial score (nSPS) is 13.6. The Bertz CT molecular complexity index is 398. The zero-order valence-corrected chi connectivity index (χ0v) is 17.7. The number of sulfone groups is 1. The van der Waals surface area contributed by atoms with Gasteiger partial charge in [0, 0.05) is 25.9 Å². The lowest BCUT2D eigenvalue weighted by atomic mass is 10.2. The number of hydrogen-bond acceptors (Lipinski definition) is 4. The molecule has 0 heterocycles. The van der Waals surface area contributed by atoms with Gasteiger partial charge in [0.1, 0.15) is 9.84 Å². The average Bonchev–Trinajstić information content (AvgIpc) is 2.41. The lowest BCUT2D eigenvalue weighted by Gasteiger charge is -2.21. The Hall–Kier alpha value is -0.0900. The highest BCUT2D eigenvalue weighted by Gasteiger charge is 2.07. The standard InChI is InChI=1S/C14H32N4O2S.HI/c1-6-18(7-2)11-8-9-13(3)17-14(15-4)16-10-12-21(5,19)20;/h13H,6-12H2,1-5H3,(H2,15,16,17);1H. The molecule has 8 heteroatoms. The predicted molar refractivity (Wildman–Crippen MR) is 106 cm³/mol. The summed E-state index contributed by atoms with van der Waals surface area (Å²) in [5.41, 5.74) is 0. The maximum absolute atomic E-state index is 11.1. The highest BCUT2D eigenvalue weighted by Crippen LogP contribution is 1.99. The minimum Gasteiger partial charge on any atom is -0.355 e. The van der Waals surface area contributed by atoms with E-state index in [-0.39, 0.29) is 29.7 Å². The Morgan fingerprint density at radius 3 is 2.32 bits per heavy atom. The van der Waals surface area contributed by atoms with E-state index in [0.717, 1.165) is 32.5 Å². The molecule has 1 atom stereocenters. The quantitative estimate of drug-likeness (QED) is 0.300. The van der Waals surface area contributed by atoms with Gasteiger partial charge in [0.15, 0.2) is 5.96 Å². The first-order chi connectivity index (χ1) is 9.82. The van der Waals surface area contributed by atoms with Crippen molar-refractivity contribution in [1.29, 1.82) is 0 Å². The first-order valence-electron chi connectivity index (χ1n) is 7.69. The summed E-state index contributed by atoms with van der Waals surface area (Å²) in [4.78, 5) is 6.52. The van der Waals surface area contributed by atoms with Gasteiger partial charge in [-0.2, -0.15) is 0 Å². The maximum atomic E-state index is 11.1. The summed E-state index contributed by atoms with van der Waals surface area (Å²) in [5.74, 6) is 0.776. The number of halogens is 1. The Morgan fingerprint density at radius 2 is 1.86 bits per heavy atom. The third kappa shape index (κ3) is 13.6. The van der Waals surface area contributed by atoms with Gasteiger partial charge >= 0.3 is 0 Å². The van der Waals surface area contributed by atoms with Crippen LogP contribution in [0.4, 0.5) is 0 Å². The summed E-state index contributed by atoms with van der Waals surface area (Å²) < 4.78 is 22.2. The molecule has 1 unspecified atom stereocenters. The van der Waals surface area contributed by atoms with Crippen LogP contribution in [0.3, 0.4) is 0 Å². The monoisotopic (exact) mass is 448 g/mol. The molecule has 0 fully saturated rings. The van der Waals surface area contributed by atoms with Gasteiger partial charge in [0.2, 0.25) is 0 Å². The van der Waals surface area contributed by atoms with Gasteiger partial charge in [-0.05, 0) is 39.4 Å². The molecule has 0 bridgehead atoms. The van der Waals surface area contributed by atoms with Gasteiger partial charge in [-0.25, -0.2) is 8.42 Å². The second-order valence-corrected chi connectivity index (χ2v) is 7.60. The van der Waals surface area contributed by atoms with E-state index in [1.807, 2.05) is 0 Å². The number of guanidine groups is 1. The van der Waals surface area contributed by atoms with Crippen molar-refractivity contribution in [1.82, 2.24) is 15.5 Å². The van der Waals surface area contributed by atoms with Crippen molar-refractivity contribution < 1.29 is 8.42 Å². The predicted octanol–water partition coefficient (Wildman–Crippen LogP) is 1.32. The molecular formula is C14H33IN4O2S. The van der Waals surface area contributed by atoms with Crippen molar-refractivity contribution in [2.45, 2.75) is 39.7 Å². The SMILES string of the molecule is CCN(CC)CCCC(C)NC(=NC)NCCS(C)(=O)=O.I. The lowest BCUT2D eigenvalue weighted by Crippen LogP contribution is -2.43. The van der Waals surface area contributed by atoms with Gasteiger partial charge < -0.3 is 15.5 Å². The summed E-state index contributed by atoms with van der Waals surface area (Å²) in [6.07, 6.45) is 3.43. The molecule has 0 aromatic rings. The zero-order valence-electron chi connectivity index (χ0n) is 14.6. The van der Waals surface area contributed by atoms with E-state index in [0.29, 0.717) is 18.5 Å². The molecule has 0 amide bonds. The first kappa shape index (κ1) is 24.2. The third-order valence-corrected chi connectivity index (χ3v) is 4.32. The van der Waals surface area contributed by atoms with Crippen LogP contribution in [0.5, 0.6) is 0 Å². The smallest absolute Gasteiger partial charge is 0.191 e. The van der Waals surface area contributed by atoms with Crippen LogP contribution in [0, 0.1) is 0 Å². The molecule has 0 aliphatic carbocycles. The number of nitrogens with zero attached hydrogens (tertiary/aromatic N) is 2. The first-order valence-corrected chi connectivity index (χ1v) is 9.75. The molecule has 2 N–H and O–H groups in total. The molecule has 6 nitrogen and oxygen atoms in total. The molecule has 0 spiro atoms. The van der Waals surface area contributed by atoms with Crippen LogP contribution >= 0.6 is 24.0 Å². The van der Waals surface area contributed by atoms with Crippen LogP contribution in [-0.4, -0.2) is 70.6 Å². The van der Waals surface area contributed by atoms with E-state index in [2.05, 4.69) is 41.3 Å². The molecule has 0 aromatic heterocycles. The van der Waals surface area contributed by atoms with Gasteiger partial charge in [-0.1, -0.05) is 13.8 Å². The van der Waals surface area contributed by atoms with Crippen LogP contribution < -0.4 is 10.6 Å². The fraction of sp³-hybridized carbons (Fsp3) is 0.929. The van der Waals surface area contributed by atoms with E-state index in [1.54, 1.807) is 7.05 Å². The Kier molecular flexibility index (Phi) is 14.7. The largest absolute Gasteiger partial charge is 0.355 e. The molecule has 0 saturated carbocycles. The fourth-order valence-electron chi connectivity index (χ4n) is 2.02. The van der Waals surface area contributed by atoms with E-state index in [1.165, 1.54) is 6.26 Å². The number of nitrogens with one attached hydrogen (secondary N) is 2. The van der Waals surface area contributed by atoms with Crippen molar-refractivity contribution in [2.75, 3.05) is 45.2 Å². The second kappa shape index (κ2) is 13.4. The average molecular weight is 448 g/mol. The van der Waals surface area contributed by atoms with Crippen molar-refractivity contribution in [3.8, 4) is 0 Å². The summed E-state index contributed by atoms with van der Waals surface area (Å²) in [5, 5.41) is 6.32. The molecule has 0 aromatic carbocycles. The molecule has 0 aliphatic rings. The van der Waals surface area contributed by atoms with Crippen molar-refractivity contribution in [3.05, 3.63) is 0 Å². The molecule has 134 valence electrons. The van der Waals surface area contributed by atoms with Crippen LogP contribution in [-0.2, 0) is 9.84 Å². The summed E-state index contributed by atoms with van der Waals surface area (Å²) in [6.45, 7) is 10.1. The minimum atomic E-state index is -2.94. The van der Waals surface area contributed by atoms with E-state index in [9.17, 15) is 8.42 Å². The zero-order chi connectivity index (χ0) is 16.3. The number of hydrogen-bond donors (Lipinski definition) is 2. The third-order valence-electron chi connectivity index (χ3n) is 3.38. The minimum absolute atomic E-state index is 0.